The first kappa shape index (κ1) is 10.7. The predicted molar refractivity (Wildman–Crippen MR) is 61.8 cm³/mol. The Bertz CT molecular complexity index is 311. The summed E-state index contributed by atoms with van der Waals surface area (Å²) in [6, 6.07) is 0.643. The van der Waals surface area contributed by atoms with Crippen LogP contribution in [-0.4, -0.2) is 16.3 Å². The molecule has 1 fully saturated rings. The fourth-order valence-corrected chi connectivity index (χ4v) is 2.45. The topological polar surface area (TPSA) is 43.8 Å². The predicted octanol–water partition coefficient (Wildman–Crippen LogP) is 2.20. The van der Waals surface area contributed by atoms with Crippen LogP contribution < -0.4 is 5.73 Å². The van der Waals surface area contributed by atoms with Gasteiger partial charge in [0.1, 0.15) is 0 Å². The minimum Gasteiger partial charge on any atom is -0.330 e. The van der Waals surface area contributed by atoms with Crippen LogP contribution in [0.4, 0.5) is 0 Å². The van der Waals surface area contributed by atoms with Crippen molar-refractivity contribution in [3.8, 4) is 0 Å². The Hall–Kier alpha value is -0.830. The molecule has 0 atom stereocenters. The Morgan fingerprint density at radius 2 is 2.13 bits per heavy atom. The van der Waals surface area contributed by atoms with Crippen LogP contribution in [-0.2, 0) is 6.42 Å². The van der Waals surface area contributed by atoms with E-state index < -0.39 is 0 Å². The van der Waals surface area contributed by atoms with Gasteiger partial charge in [0.05, 0.1) is 11.7 Å². The number of aromatic nitrogens is 2. The molecule has 1 saturated carbocycles. The van der Waals surface area contributed by atoms with E-state index in [4.69, 9.17) is 5.73 Å². The van der Waals surface area contributed by atoms with E-state index in [1.165, 1.54) is 37.7 Å². The summed E-state index contributed by atoms with van der Waals surface area (Å²) in [6.07, 6.45) is 9.86. The Morgan fingerprint density at radius 3 is 2.80 bits per heavy atom. The third-order valence-electron chi connectivity index (χ3n) is 3.38. The molecule has 2 rings (SSSR count). The maximum Gasteiger partial charge on any atom is 0.0626 e. The molecule has 2 N–H and O–H groups in total. The van der Waals surface area contributed by atoms with Gasteiger partial charge in [0.2, 0.25) is 0 Å². The van der Waals surface area contributed by atoms with Gasteiger partial charge in [-0.05, 0) is 38.3 Å². The van der Waals surface area contributed by atoms with E-state index in [1.54, 1.807) is 0 Å². The van der Waals surface area contributed by atoms with E-state index in [0.717, 1.165) is 18.7 Å². The Labute approximate surface area is 91.7 Å². The lowest BCUT2D eigenvalue weighted by atomic mass is 9.96. The average Bonchev–Trinajstić information content (AvgIpc) is 2.63. The SMILES string of the molecule is Cc1nn(C2CCCCC2)cc1CCN. The second-order valence-corrected chi connectivity index (χ2v) is 4.55. The van der Waals surface area contributed by atoms with Crippen molar-refractivity contribution in [1.29, 1.82) is 0 Å². The maximum atomic E-state index is 5.58. The highest BCUT2D eigenvalue weighted by Crippen LogP contribution is 2.28. The van der Waals surface area contributed by atoms with E-state index >= 15 is 0 Å². The summed E-state index contributed by atoms with van der Waals surface area (Å²) < 4.78 is 2.18. The van der Waals surface area contributed by atoms with Crippen molar-refractivity contribution >= 4 is 0 Å². The van der Waals surface area contributed by atoms with Crippen molar-refractivity contribution < 1.29 is 0 Å². The molecule has 1 aliphatic rings. The molecule has 0 unspecified atom stereocenters. The zero-order valence-electron chi connectivity index (χ0n) is 9.58. The zero-order chi connectivity index (χ0) is 10.7. The largest absolute Gasteiger partial charge is 0.330 e. The van der Waals surface area contributed by atoms with Crippen molar-refractivity contribution in [2.24, 2.45) is 5.73 Å². The van der Waals surface area contributed by atoms with Gasteiger partial charge < -0.3 is 5.73 Å². The first-order valence-corrected chi connectivity index (χ1v) is 6.06. The van der Waals surface area contributed by atoms with Crippen molar-refractivity contribution in [1.82, 2.24) is 9.78 Å². The van der Waals surface area contributed by atoms with Crippen LogP contribution in [0.15, 0.2) is 6.20 Å². The number of hydrogen-bond acceptors (Lipinski definition) is 2. The van der Waals surface area contributed by atoms with Gasteiger partial charge in [-0.1, -0.05) is 19.3 Å². The van der Waals surface area contributed by atoms with Crippen LogP contribution >= 0.6 is 0 Å². The van der Waals surface area contributed by atoms with E-state index in [0.29, 0.717) is 6.04 Å². The van der Waals surface area contributed by atoms with Gasteiger partial charge >= 0.3 is 0 Å². The highest BCUT2D eigenvalue weighted by molar-refractivity contribution is 5.16. The van der Waals surface area contributed by atoms with Crippen LogP contribution in [0, 0.1) is 6.92 Å². The molecule has 1 aromatic rings. The normalized spacial score (nSPS) is 18.3. The molecule has 0 spiro atoms. The molecule has 0 bridgehead atoms. The molecule has 84 valence electrons. The van der Waals surface area contributed by atoms with Gasteiger partial charge in [-0.25, -0.2) is 0 Å². The number of hydrogen-bond donors (Lipinski definition) is 1. The van der Waals surface area contributed by atoms with E-state index in [9.17, 15) is 0 Å². The zero-order valence-corrected chi connectivity index (χ0v) is 9.58. The molecule has 1 aromatic heterocycles. The van der Waals surface area contributed by atoms with Gasteiger partial charge in [0.15, 0.2) is 0 Å². The standard InChI is InChI=1S/C12H21N3/c1-10-11(7-8-13)9-15(14-10)12-5-3-2-4-6-12/h9,12H,2-8,13H2,1H3. The molecule has 0 aliphatic heterocycles. The van der Waals surface area contributed by atoms with E-state index in [2.05, 4.69) is 22.9 Å². The van der Waals surface area contributed by atoms with Gasteiger partial charge in [0, 0.05) is 6.20 Å². The Kier molecular flexibility index (Phi) is 3.41. The van der Waals surface area contributed by atoms with Crippen molar-refractivity contribution in [2.75, 3.05) is 6.54 Å². The number of nitrogens with two attached hydrogens (primary N) is 1. The summed E-state index contributed by atoms with van der Waals surface area (Å²) in [5.74, 6) is 0. The number of rotatable bonds is 3. The van der Waals surface area contributed by atoms with Gasteiger partial charge in [0.25, 0.3) is 0 Å². The van der Waals surface area contributed by atoms with Crippen molar-refractivity contribution in [3.05, 3.63) is 17.5 Å². The quantitative estimate of drug-likeness (QED) is 0.825. The fourth-order valence-electron chi connectivity index (χ4n) is 2.45. The average molecular weight is 207 g/mol. The monoisotopic (exact) mass is 207 g/mol. The van der Waals surface area contributed by atoms with Crippen LogP contribution in [0.1, 0.15) is 49.4 Å². The van der Waals surface area contributed by atoms with Gasteiger partial charge in [-0.15, -0.1) is 0 Å². The lowest BCUT2D eigenvalue weighted by Gasteiger charge is -2.21. The molecule has 0 radical (unpaired) electrons. The first-order valence-electron chi connectivity index (χ1n) is 6.06. The minimum atomic E-state index is 0.643. The second-order valence-electron chi connectivity index (χ2n) is 4.55. The summed E-state index contributed by atoms with van der Waals surface area (Å²) in [4.78, 5) is 0. The molecule has 1 heterocycles. The smallest absolute Gasteiger partial charge is 0.0626 e. The number of aryl methyl sites for hydroxylation is 1. The van der Waals surface area contributed by atoms with Crippen molar-refractivity contribution in [2.45, 2.75) is 51.5 Å². The van der Waals surface area contributed by atoms with E-state index in [1.807, 2.05) is 0 Å². The summed E-state index contributed by atoms with van der Waals surface area (Å²) >= 11 is 0. The Balaban J connectivity index is 2.10. The molecular formula is C12H21N3. The van der Waals surface area contributed by atoms with Crippen LogP contribution in [0.3, 0.4) is 0 Å². The fraction of sp³-hybridized carbons (Fsp3) is 0.750. The molecule has 0 amide bonds. The maximum absolute atomic E-state index is 5.58. The van der Waals surface area contributed by atoms with Crippen molar-refractivity contribution in [3.63, 3.8) is 0 Å². The molecule has 3 nitrogen and oxygen atoms in total. The Morgan fingerprint density at radius 1 is 1.40 bits per heavy atom. The molecule has 15 heavy (non-hydrogen) atoms. The molecule has 0 aromatic carbocycles. The summed E-state index contributed by atoms with van der Waals surface area (Å²) in [6.45, 7) is 2.81. The molecule has 0 saturated heterocycles. The van der Waals surface area contributed by atoms with Crippen LogP contribution in [0.2, 0.25) is 0 Å². The highest BCUT2D eigenvalue weighted by atomic mass is 15.3. The summed E-state index contributed by atoms with van der Waals surface area (Å²) in [5, 5.41) is 4.61. The van der Waals surface area contributed by atoms with E-state index in [-0.39, 0.29) is 0 Å². The van der Waals surface area contributed by atoms with Gasteiger partial charge in [-0.2, -0.15) is 5.10 Å². The lowest BCUT2D eigenvalue weighted by Crippen LogP contribution is -2.13. The molecular weight excluding hydrogens is 186 g/mol. The summed E-state index contributed by atoms with van der Waals surface area (Å²) in [7, 11) is 0. The lowest BCUT2D eigenvalue weighted by molar-refractivity contribution is 0.328. The second kappa shape index (κ2) is 4.79. The minimum absolute atomic E-state index is 0.643. The van der Waals surface area contributed by atoms with Crippen LogP contribution in [0.25, 0.3) is 0 Å². The molecule has 3 heteroatoms. The van der Waals surface area contributed by atoms with Crippen LogP contribution in [0.5, 0.6) is 0 Å². The number of nitrogens with zero attached hydrogens (tertiary/aromatic N) is 2. The van der Waals surface area contributed by atoms with Gasteiger partial charge in [-0.3, -0.25) is 4.68 Å². The third-order valence-corrected chi connectivity index (χ3v) is 3.38. The molecule has 1 aliphatic carbocycles. The first-order chi connectivity index (χ1) is 7.31. The highest BCUT2D eigenvalue weighted by Gasteiger charge is 2.16. The summed E-state index contributed by atoms with van der Waals surface area (Å²) in [5.41, 5.74) is 8.06. The third kappa shape index (κ3) is 2.40.